The van der Waals surface area contributed by atoms with Crippen LogP contribution >= 0.6 is 0 Å². The van der Waals surface area contributed by atoms with E-state index in [0.717, 1.165) is 36.7 Å². The number of rotatable bonds is 9. The average molecular weight is 358 g/mol. The number of unbranched alkanes of at least 4 members (excludes halogenated alkanes) is 1. The summed E-state index contributed by atoms with van der Waals surface area (Å²) in [7, 11) is 3.94. The lowest BCUT2D eigenvalue weighted by atomic mass is 10.2. The minimum atomic E-state index is 0.575. The molecule has 1 heterocycles. The lowest BCUT2D eigenvalue weighted by molar-refractivity contribution is 0.268. The Balaban J connectivity index is 1.70. The van der Waals surface area contributed by atoms with E-state index in [1.807, 2.05) is 30.3 Å². The highest BCUT2D eigenvalue weighted by atomic mass is 16.3. The number of hydrogen-bond acceptors (Lipinski definition) is 4. The summed E-state index contributed by atoms with van der Waals surface area (Å²) in [5.41, 5.74) is 1.83. The molecule has 0 spiro atoms. The molecule has 142 valence electrons. The number of benzene rings is 1. The molecule has 0 aliphatic heterocycles. The minimum absolute atomic E-state index is 0.575. The van der Waals surface area contributed by atoms with E-state index in [9.17, 15) is 0 Å². The fourth-order valence-electron chi connectivity index (χ4n) is 2.45. The summed E-state index contributed by atoms with van der Waals surface area (Å²) in [5.74, 6) is 1.42. The van der Waals surface area contributed by atoms with Crippen LogP contribution in [-0.4, -0.2) is 49.1 Å². The Morgan fingerprint density at radius 1 is 1.19 bits per heavy atom. The van der Waals surface area contributed by atoms with Gasteiger partial charge in [0.05, 0.1) is 12.2 Å². The molecule has 0 aliphatic carbocycles. The summed E-state index contributed by atoms with van der Waals surface area (Å²) in [6.45, 7) is 7.03. The van der Waals surface area contributed by atoms with Gasteiger partial charge in [-0.15, -0.1) is 0 Å². The first-order chi connectivity index (χ1) is 12.6. The van der Waals surface area contributed by atoms with Gasteiger partial charge in [0.1, 0.15) is 6.26 Å². The maximum absolute atomic E-state index is 5.56. The van der Waals surface area contributed by atoms with Crippen LogP contribution in [0.25, 0.3) is 11.5 Å². The van der Waals surface area contributed by atoms with Crippen molar-refractivity contribution in [2.75, 3.05) is 27.2 Å². The van der Waals surface area contributed by atoms with E-state index in [1.54, 1.807) is 13.3 Å². The van der Waals surface area contributed by atoms with Gasteiger partial charge in [-0.2, -0.15) is 0 Å². The third kappa shape index (κ3) is 6.52. The van der Waals surface area contributed by atoms with Crippen LogP contribution in [0.4, 0.5) is 0 Å². The van der Waals surface area contributed by atoms with Crippen molar-refractivity contribution >= 4 is 5.96 Å². The van der Waals surface area contributed by atoms with Crippen molar-refractivity contribution in [1.29, 1.82) is 0 Å². The van der Waals surface area contributed by atoms with Gasteiger partial charge >= 0.3 is 0 Å². The maximum Gasteiger partial charge on any atom is 0.226 e. The van der Waals surface area contributed by atoms with Crippen LogP contribution in [-0.2, 0) is 6.54 Å². The zero-order valence-corrected chi connectivity index (χ0v) is 16.3. The largest absolute Gasteiger partial charge is 0.444 e. The number of guanidine groups is 1. The first-order valence-corrected chi connectivity index (χ1v) is 9.24. The van der Waals surface area contributed by atoms with Crippen LogP contribution in [0, 0.1) is 0 Å². The Hall–Kier alpha value is -2.34. The van der Waals surface area contributed by atoms with Gasteiger partial charge in [0.2, 0.25) is 5.89 Å². The van der Waals surface area contributed by atoms with Gasteiger partial charge in [0, 0.05) is 25.2 Å². The minimum Gasteiger partial charge on any atom is -0.444 e. The molecular weight excluding hydrogens is 326 g/mol. The lowest BCUT2D eigenvalue weighted by Crippen LogP contribution is -2.37. The normalized spacial score (nSPS) is 12.0. The summed E-state index contributed by atoms with van der Waals surface area (Å²) in [4.78, 5) is 11.1. The second kappa shape index (κ2) is 10.6. The topological polar surface area (TPSA) is 65.7 Å². The van der Waals surface area contributed by atoms with Crippen molar-refractivity contribution in [3.05, 3.63) is 42.3 Å². The molecule has 2 rings (SSSR count). The van der Waals surface area contributed by atoms with Crippen LogP contribution in [0.5, 0.6) is 0 Å². The van der Waals surface area contributed by atoms with E-state index in [1.165, 1.54) is 6.42 Å². The highest BCUT2D eigenvalue weighted by Gasteiger charge is 2.07. The monoisotopic (exact) mass is 357 g/mol. The van der Waals surface area contributed by atoms with Gasteiger partial charge in [0.15, 0.2) is 5.96 Å². The number of oxazole rings is 1. The molecule has 0 saturated heterocycles. The molecule has 26 heavy (non-hydrogen) atoms. The summed E-state index contributed by atoms with van der Waals surface area (Å²) in [6.07, 6.45) is 3.96. The van der Waals surface area contributed by atoms with Gasteiger partial charge in [0.25, 0.3) is 0 Å². The second-order valence-corrected chi connectivity index (χ2v) is 6.64. The standard InChI is InChI=1S/C20H31N5O/c1-16(2)25(4)13-9-8-12-22-20(21-3)23-14-18-15-26-19(24-18)17-10-6-5-7-11-17/h5-7,10-11,15-16H,8-9,12-14H2,1-4H3,(H2,21,22,23). The summed E-state index contributed by atoms with van der Waals surface area (Å²) in [6, 6.07) is 10.5. The molecule has 2 N–H and O–H groups in total. The molecule has 0 unspecified atom stereocenters. The van der Waals surface area contributed by atoms with Crippen LogP contribution in [0.2, 0.25) is 0 Å². The van der Waals surface area contributed by atoms with Crippen molar-refractivity contribution in [1.82, 2.24) is 20.5 Å². The highest BCUT2D eigenvalue weighted by Crippen LogP contribution is 2.17. The molecule has 2 aromatic rings. The van der Waals surface area contributed by atoms with Crippen LogP contribution < -0.4 is 10.6 Å². The molecule has 1 aromatic carbocycles. The SMILES string of the molecule is CN=C(NCCCCN(C)C(C)C)NCc1coc(-c2ccccc2)n1. The second-order valence-electron chi connectivity index (χ2n) is 6.64. The Bertz CT molecular complexity index is 666. The molecule has 6 nitrogen and oxygen atoms in total. The number of aliphatic imine (C=N–C) groups is 1. The molecule has 0 aliphatic rings. The highest BCUT2D eigenvalue weighted by molar-refractivity contribution is 5.79. The number of nitrogens with zero attached hydrogens (tertiary/aromatic N) is 3. The number of nitrogens with one attached hydrogen (secondary N) is 2. The predicted octanol–water partition coefficient (Wildman–Crippen LogP) is 3.13. The van der Waals surface area contributed by atoms with Gasteiger partial charge in [-0.25, -0.2) is 4.98 Å². The van der Waals surface area contributed by atoms with E-state index >= 15 is 0 Å². The quantitative estimate of drug-likeness (QED) is 0.410. The predicted molar refractivity (Wildman–Crippen MR) is 107 cm³/mol. The first-order valence-electron chi connectivity index (χ1n) is 9.24. The fourth-order valence-corrected chi connectivity index (χ4v) is 2.45. The van der Waals surface area contributed by atoms with Crippen molar-refractivity contribution in [3.63, 3.8) is 0 Å². The number of aromatic nitrogens is 1. The summed E-state index contributed by atoms with van der Waals surface area (Å²) >= 11 is 0. The third-order valence-electron chi connectivity index (χ3n) is 4.34. The molecule has 1 aromatic heterocycles. The van der Waals surface area contributed by atoms with Crippen LogP contribution in [0.3, 0.4) is 0 Å². The van der Waals surface area contributed by atoms with Crippen LogP contribution in [0.1, 0.15) is 32.4 Å². The molecule has 0 bridgehead atoms. The summed E-state index contributed by atoms with van der Waals surface area (Å²) < 4.78 is 5.56. The van der Waals surface area contributed by atoms with Gasteiger partial charge in [-0.3, -0.25) is 4.99 Å². The molecule has 0 atom stereocenters. The third-order valence-corrected chi connectivity index (χ3v) is 4.34. The molecule has 0 radical (unpaired) electrons. The molecule has 0 amide bonds. The van der Waals surface area contributed by atoms with Crippen LogP contribution in [0.15, 0.2) is 46.0 Å². The summed E-state index contributed by atoms with van der Waals surface area (Å²) in [5, 5.41) is 6.62. The zero-order chi connectivity index (χ0) is 18.8. The van der Waals surface area contributed by atoms with E-state index in [4.69, 9.17) is 4.42 Å². The van der Waals surface area contributed by atoms with E-state index in [0.29, 0.717) is 18.5 Å². The molecule has 6 heteroatoms. The Morgan fingerprint density at radius 2 is 1.96 bits per heavy atom. The van der Waals surface area contributed by atoms with Crippen molar-refractivity contribution in [3.8, 4) is 11.5 Å². The van der Waals surface area contributed by atoms with E-state index in [-0.39, 0.29) is 0 Å². The van der Waals surface area contributed by atoms with Crippen molar-refractivity contribution in [2.45, 2.75) is 39.3 Å². The van der Waals surface area contributed by atoms with Gasteiger partial charge in [-0.1, -0.05) is 18.2 Å². The van der Waals surface area contributed by atoms with Crippen molar-refractivity contribution in [2.24, 2.45) is 4.99 Å². The van der Waals surface area contributed by atoms with E-state index in [2.05, 4.69) is 46.4 Å². The fraction of sp³-hybridized carbons (Fsp3) is 0.500. The Labute approximate surface area is 156 Å². The Morgan fingerprint density at radius 3 is 2.65 bits per heavy atom. The zero-order valence-electron chi connectivity index (χ0n) is 16.3. The van der Waals surface area contributed by atoms with E-state index < -0.39 is 0 Å². The smallest absolute Gasteiger partial charge is 0.226 e. The Kier molecular flexibility index (Phi) is 8.15. The average Bonchev–Trinajstić information content (AvgIpc) is 3.13. The molecule has 0 saturated carbocycles. The van der Waals surface area contributed by atoms with Gasteiger partial charge < -0.3 is 20.0 Å². The first kappa shape index (κ1) is 20.0. The maximum atomic E-state index is 5.56. The molecule has 0 fully saturated rings. The molecular formula is C20H31N5O. The lowest BCUT2D eigenvalue weighted by Gasteiger charge is -2.20. The van der Waals surface area contributed by atoms with Crippen molar-refractivity contribution < 1.29 is 4.42 Å². The number of hydrogen-bond donors (Lipinski definition) is 2. The van der Waals surface area contributed by atoms with Gasteiger partial charge in [-0.05, 0) is 52.4 Å².